The number of nitrogens with two attached hydrogens (primary N) is 1. The molecule has 56 valence electrons. The topological polar surface area (TPSA) is 66.2 Å². The van der Waals surface area contributed by atoms with Gasteiger partial charge in [-0.1, -0.05) is 0 Å². The Kier molecular flexibility index (Phi) is 1.94. The third kappa shape index (κ3) is 1.29. The molecule has 10 heavy (non-hydrogen) atoms. The van der Waals surface area contributed by atoms with Gasteiger partial charge >= 0.3 is 0 Å². The Bertz CT molecular complexity index is 184. The van der Waals surface area contributed by atoms with Crippen LogP contribution in [0.3, 0.4) is 0 Å². The first-order valence-corrected chi connectivity index (χ1v) is 3.40. The molecule has 0 spiro atoms. The number of carbonyl (C=O) groups is 1. The fourth-order valence-electron chi connectivity index (χ4n) is 1.16. The summed E-state index contributed by atoms with van der Waals surface area (Å²) in [6.07, 6.45) is 3.21. The van der Waals surface area contributed by atoms with Gasteiger partial charge in [0.1, 0.15) is 0 Å². The lowest BCUT2D eigenvalue weighted by molar-refractivity contribution is -0.299. The zero-order chi connectivity index (χ0) is 7.56. The van der Waals surface area contributed by atoms with Gasteiger partial charge in [0.2, 0.25) is 0 Å². The Balaban J connectivity index is 2.78. The number of allylic oxidation sites excluding steroid dienone is 1. The van der Waals surface area contributed by atoms with Crippen molar-refractivity contribution in [3.8, 4) is 0 Å². The van der Waals surface area contributed by atoms with Gasteiger partial charge in [-0.3, -0.25) is 0 Å². The molecule has 1 aliphatic rings. The molecule has 0 aromatic carbocycles. The van der Waals surface area contributed by atoms with E-state index in [2.05, 4.69) is 0 Å². The van der Waals surface area contributed by atoms with Gasteiger partial charge in [0.25, 0.3) is 0 Å². The standard InChI is InChI=1S/C7H11NO2/c8-6-4-2-1-3-5(6)7(9)10/h1-4,8H2,(H,9,10)/p-1. The summed E-state index contributed by atoms with van der Waals surface area (Å²) in [4.78, 5) is 10.3. The van der Waals surface area contributed by atoms with Gasteiger partial charge in [-0.2, -0.15) is 0 Å². The average Bonchev–Trinajstić information content (AvgIpc) is 1.88. The summed E-state index contributed by atoms with van der Waals surface area (Å²) < 4.78 is 0. The number of carboxylic acids is 1. The van der Waals surface area contributed by atoms with E-state index in [1.54, 1.807) is 0 Å². The van der Waals surface area contributed by atoms with Crippen LogP contribution in [0.5, 0.6) is 0 Å². The van der Waals surface area contributed by atoms with E-state index in [-0.39, 0.29) is 0 Å². The fourth-order valence-corrected chi connectivity index (χ4v) is 1.16. The summed E-state index contributed by atoms with van der Waals surface area (Å²) in [5.41, 5.74) is 6.26. The highest BCUT2D eigenvalue weighted by Crippen LogP contribution is 2.20. The lowest BCUT2D eigenvalue weighted by atomic mass is 9.97. The summed E-state index contributed by atoms with van der Waals surface area (Å²) in [6.45, 7) is 0. The summed E-state index contributed by atoms with van der Waals surface area (Å²) >= 11 is 0. The van der Waals surface area contributed by atoms with Gasteiger partial charge in [-0.05, 0) is 31.3 Å². The van der Waals surface area contributed by atoms with Crippen LogP contribution in [-0.2, 0) is 4.79 Å². The molecule has 1 aliphatic carbocycles. The molecule has 3 heteroatoms. The maximum Gasteiger partial charge on any atom is 0.0692 e. The fraction of sp³-hybridized carbons (Fsp3) is 0.571. The predicted molar refractivity (Wildman–Crippen MR) is 34.7 cm³/mol. The Morgan fingerprint density at radius 3 is 2.40 bits per heavy atom. The minimum atomic E-state index is -1.10. The monoisotopic (exact) mass is 140 g/mol. The zero-order valence-electron chi connectivity index (χ0n) is 5.72. The molecule has 0 heterocycles. The first-order valence-electron chi connectivity index (χ1n) is 3.40. The number of hydrogen-bond acceptors (Lipinski definition) is 3. The quantitative estimate of drug-likeness (QED) is 0.535. The van der Waals surface area contributed by atoms with Crippen molar-refractivity contribution in [3.63, 3.8) is 0 Å². The van der Waals surface area contributed by atoms with E-state index >= 15 is 0 Å². The number of rotatable bonds is 1. The van der Waals surface area contributed by atoms with E-state index < -0.39 is 5.97 Å². The molecule has 0 saturated carbocycles. The van der Waals surface area contributed by atoms with E-state index in [4.69, 9.17) is 5.73 Å². The van der Waals surface area contributed by atoms with E-state index in [1.807, 2.05) is 0 Å². The van der Waals surface area contributed by atoms with Gasteiger partial charge < -0.3 is 15.6 Å². The Morgan fingerprint density at radius 2 is 2.00 bits per heavy atom. The zero-order valence-corrected chi connectivity index (χ0v) is 5.72. The normalized spacial score (nSPS) is 19.2. The average molecular weight is 140 g/mol. The van der Waals surface area contributed by atoms with Crippen LogP contribution in [0, 0.1) is 0 Å². The van der Waals surface area contributed by atoms with Gasteiger partial charge in [0.15, 0.2) is 0 Å². The number of carboxylic acid groups (broad SMARTS) is 1. The van der Waals surface area contributed by atoms with Gasteiger partial charge in [0.05, 0.1) is 5.97 Å². The van der Waals surface area contributed by atoms with Crippen molar-refractivity contribution in [2.24, 2.45) is 5.73 Å². The van der Waals surface area contributed by atoms with Crippen LogP contribution in [0.25, 0.3) is 0 Å². The summed E-state index contributed by atoms with van der Waals surface area (Å²) in [5, 5.41) is 10.3. The molecule has 0 radical (unpaired) electrons. The highest BCUT2D eigenvalue weighted by molar-refractivity contribution is 5.85. The van der Waals surface area contributed by atoms with Gasteiger partial charge in [-0.25, -0.2) is 0 Å². The number of carbonyl (C=O) groups excluding carboxylic acids is 1. The smallest absolute Gasteiger partial charge is 0.0692 e. The van der Waals surface area contributed by atoms with Gasteiger partial charge in [-0.15, -0.1) is 0 Å². The molecule has 0 amide bonds. The molecule has 0 atom stereocenters. The maximum atomic E-state index is 10.3. The minimum absolute atomic E-state index is 0.311. The molecule has 3 nitrogen and oxygen atoms in total. The number of aliphatic carboxylic acids is 1. The van der Waals surface area contributed by atoms with Crippen molar-refractivity contribution in [2.45, 2.75) is 25.7 Å². The van der Waals surface area contributed by atoms with Crippen molar-refractivity contribution in [3.05, 3.63) is 11.3 Å². The van der Waals surface area contributed by atoms with E-state index in [0.717, 1.165) is 12.8 Å². The second kappa shape index (κ2) is 2.73. The van der Waals surface area contributed by atoms with Crippen molar-refractivity contribution in [1.29, 1.82) is 0 Å². The Morgan fingerprint density at radius 1 is 1.40 bits per heavy atom. The van der Waals surface area contributed by atoms with Crippen molar-refractivity contribution in [2.75, 3.05) is 0 Å². The highest BCUT2D eigenvalue weighted by atomic mass is 16.4. The van der Waals surface area contributed by atoms with E-state index in [0.29, 0.717) is 24.1 Å². The van der Waals surface area contributed by atoms with Crippen LogP contribution in [0.1, 0.15) is 25.7 Å². The molecular weight excluding hydrogens is 130 g/mol. The number of hydrogen-bond donors (Lipinski definition) is 1. The first-order chi connectivity index (χ1) is 4.72. The van der Waals surface area contributed by atoms with Crippen molar-refractivity contribution < 1.29 is 9.90 Å². The van der Waals surface area contributed by atoms with Crippen LogP contribution >= 0.6 is 0 Å². The van der Waals surface area contributed by atoms with Crippen LogP contribution in [0.15, 0.2) is 11.3 Å². The van der Waals surface area contributed by atoms with Gasteiger partial charge in [0, 0.05) is 5.70 Å². The van der Waals surface area contributed by atoms with Crippen molar-refractivity contribution in [1.82, 2.24) is 0 Å². The van der Waals surface area contributed by atoms with Crippen LogP contribution in [0.2, 0.25) is 0 Å². The van der Waals surface area contributed by atoms with Crippen molar-refractivity contribution >= 4 is 5.97 Å². The summed E-state index contributed by atoms with van der Waals surface area (Å²) in [5.74, 6) is -1.10. The molecule has 0 unspecified atom stereocenters. The van der Waals surface area contributed by atoms with Crippen LogP contribution < -0.4 is 10.8 Å². The third-order valence-corrected chi connectivity index (χ3v) is 1.76. The second-order valence-corrected chi connectivity index (χ2v) is 2.50. The predicted octanol–water partition coefficient (Wildman–Crippen LogP) is -0.477. The van der Waals surface area contributed by atoms with Crippen LogP contribution in [-0.4, -0.2) is 5.97 Å². The molecule has 1 rings (SSSR count). The molecule has 0 aliphatic heterocycles. The van der Waals surface area contributed by atoms with E-state index in [9.17, 15) is 9.90 Å². The summed E-state index contributed by atoms with van der Waals surface area (Å²) in [7, 11) is 0. The third-order valence-electron chi connectivity index (χ3n) is 1.76. The second-order valence-electron chi connectivity index (χ2n) is 2.50. The lowest BCUT2D eigenvalue weighted by Crippen LogP contribution is -2.28. The minimum Gasteiger partial charge on any atom is -0.545 e. The molecule has 0 bridgehead atoms. The molecule has 0 fully saturated rings. The maximum absolute atomic E-state index is 10.3. The van der Waals surface area contributed by atoms with E-state index in [1.165, 1.54) is 0 Å². The van der Waals surface area contributed by atoms with Crippen LogP contribution in [0.4, 0.5) is 0 Å². The largest absolute Gasteiger partial charge is 0.545 e. The Labute approximate surface area is 59.5 Å². The molecule has 0 aromatic heterocycles. The highest BCUT2D eigenvalue weighted by Gasteiger charge is 2.09. The Hall–Kier alpha value is -0.990. The molecule has 0 saturated heterocycles. The molecule has 2 N–H and O–H groups in total. The SMILES string of the molecule is NC1=C(C(=O)[O-])CCCC1. The first kappa shape index (κ1) is 7.12. The molecular formula is C7H10NO2-. The lowest BCUT2D eigenvalue weighted by Gasteiger charge is -2.17. The summed E-state index contributed by atoms with van der Waals surface area (Å²) in [6, 6.07) is 0. The molecule has 0 aromatic rings.